The van der Waals surface area contributed by atoms with Gasteiger partial charge < -0.3 is 15.0 Å². The van der Waals surface area contributed by atoms with Crippen LogP contribution in [0.3, 0.4) is 0 Å². The van der Waals surface area contributed by atoms with Crippen molar-refractivity contribution in [3.63, 3.8) is 0 Å². The van der Waals surface area contributed by atoms with E-state index in [-0.39, 0.29) is 40.0 Å². The number of amides is 2. The molecule has 2 aromatic rings. The summed E-state index contributed by atoms with van der Waals surface area (Å²) in [5.74, 6) is -0.790. The SMILES string of the molecule is CCS(=O)(=O)c1cccc(C(=O)N2[C@@H](C(=O)NC(c3ccc(C(F)(F)F)cc3)C3COC3)C[C@H]3C[C@H]32)c1. The lowest BCUT2D eigenvalue weighted by Crippen LogP contribution is -2.51. The van der Waals surface area contributed by atoms with Crippen LogP contribution in [0.2, 0.25) is 0 Å². The summed E-state index contributed by atoms with van der Waals surface area (Å²) in [6.45, 7) is 2.26. The Kier molecular flexibility index (Phi) is 6.56. The summed E-state index contributed by atoms with van der Waals surface area (Å²) < 4.78 is 68.9. The van der Waals surface area contributed by atoms with Crippen LogP contribution in [0.5, 0.6) is 0 Å². The molecular formula is C26H27F3N2O5S. The average molecular weight is 537 g/mol. The standard InChI is InChI=1S/C26H27F3N2O5S/c1-2-37(34,35)20-5-3-4-16(10-20)25(33)31-21-11-17(21)12-22(31)24(32)30-23(18-13-36-14-18)15-6-8-19(9-7-15)26(27,28)29/h3-10,17-18,21-23H,2,11-14H2,1H3,(H,30,32)/t17-,21-,22-,23?/m1/s1. The molecule has 5 rings (SSSR count). The number of nitrogens with one attached hydrogen (secondary N) is 1. The summed E-state index contributed by atoms with van der Waals surface area (Å²) >= 11 is 0. The van der Waals surface area contributed by atoms with E-state index in [1.165, 1.54) is 37.3 Å². The summed E-state index contributed by atoms with van der Waals surface area (Å²) in [4.78, 5) is 28.5. The molecule has 0 spiro atoms. The zero-order valence-electron chi connectivity index (χ0n) is 20.1. The molecule has 2 heterocycles. The minimum Gasteiger partial charge on any atom is -0.381 e. The highest BCUT2D eigenvalue weighted by Crippen LogP contribution is 2.48. The molecular weight excluding hydrogens is 509 g/mol. The smallest absolute Gasteiger partial charge is 0.381 e. The minimum absolute atomic E-state index is 0.0562. The fourth-order valence-electron chi connectivity index (χ4n) is 5.17. The van der Waals surface area contributed by atoms with Gasteiger partial charge in [0.2, 0.25) is 5.91 Å². The zero-order valence-corrected chi connectivity index (χ0v) is 20.9. The number of nitrogens with zero attached hydrogens (tertiary/aromatic N) is 1. The maximum Gasteiger partial charge on any atom is 0.416 e. The third kappa shape index (κ3) is 4.98. The number of likely N-dealkylation sites (tertiary alicyclic amines) is 1. The van der Waals surface area contributed by atoms with Gasteiger partial charge in [0, 0.05) is 17.5 Å². The summed E-state index contributed by atoms with van der Waals surface area (Å²) in [6.07, 6.45) is -3.20. The molecule has 0 radical (unpaired) electrons. The van der Waals surface area contributed by atoms with E-state index in [1.807, 2.05) is 0 Å². The Morgan fingerprint density at radius 3 is 2.41 bits per heavy atom. The number of sulfone groups is 1. The van der Waals surface area contributed by atoms with Crippen molar-refractivity contribution in [3.05, 3.63) is 65.2 Å². The summed E-state index contributed by atoms with van der Waals surface area (Å²) in [7, 11) is -3.51. The summed E-state index contributed by atoms with van der Waals surface area (Å²) in [5.41, 5.74) is -0.0362. The topological polar surface area (TPSA) is 92.8 Å². The van der Waals surface area contributed by atoms with Crippen LogP contribution in [0, 0.1) is 11.8 Å². The van der Waals surface area contributed by atoms with Gasteiger partial charge in [-0.1, -0.05) is 25.1 Å². The number of rotatable bonds is 7. The van der Waals surface area contributed by atoms with Crippen molar-refractivity contribution < 1.29 is 35.9 Å². The first-order valence-electron chi connectivity index (χ1n) is 12.2. The van der Waals surface area contributed by atoms with E-state index < -0.39 is 39.6 Å². The highest BCUT2D eigenvalue weighted by Gasteiger charge is 2.56. The van der Waals surface area contributed by atoms with Gasteiger partial charge in [0.05, 0.1) is 35.5 Å². The predicted octanol–water partition coefficient (Wildman–Crippen LogP) is 3.61. The van der Waals surface area contributed by atoms with Crippen molar-refractivity contribution in [2.75, 3.05) is 19.0 Å². The molecule has 2 aromatic carbocycles. The van der Waals surface area contributed by atoms with Crippen molar-refractivity contribution in [2.45, 2.75) is 49.0 Å². The first-order valence-corrected chi connectivity index (χ1v) is 13.9. The number of carbonyl (C=O) groups excluding carboxylic acids is 2. The normalized spacial score (nSPS) is 24.2. The molecule has 11 heteroatoms. The molecule has 1 unspecified atom stereocenters. The molecule has 2 amide bonds. The van der Waals surface area contributed by atoms with Gasteiger partial charge >= 0.3 is 6.18 Å². The molecule has 0 bridgehead atoms. The average Bonchev–Trinajstić information content (AvgIpc) is 3.51. The molecule has 1 N–H and O–H groups in total. The van der Waals surface area contributed by atoms with Crippen LogP contribution in [0.25, 0.3) is 0 Å². The molecule has 37 heavy (non-hydrogen) atoms. The second kappa shape index (κ2) is 9.43. The van der Waals surface area contributed by atoms with Crippen LogP contribution in [0.1, 0.15) is 47.3 Å². The van der Waals surface area contributed by atoms with E-state index in [0.717, 1.165) is 18.6 Å². The Morgan fingerprint density at radius 2 is 1.81 bits per heavy atom. The van der Waals surface area contributed by atoms with Gasteiger partial charge in [-0.3, -0.25) is 9.59 Å². The number of carbonyl (C=O) groups is 2. The lowest BCUT2D eigenvalue weighted by Gasteiger charge is -2.36. The first kappa shape index (κ1) is 25.7. The van der Waals surface area contributed by atoms with Crippen LogP contribution in [0.15, 0.2) is 53.4 Å². The molecule has 1 aliphatic carbocycles. The van der Waals surface area contributed by atoms with Gasteiger partial charge in [0.1, 0.15) is 6.04 Å². The van der Waals surface area contributed by atoms with E-state index in [9.17, 15) is 31.2 Å². The quantitative estimate of drug-likeness (QED) is 0.584. The largest absolute Gasteiger partial charge is 0.416 e. The predicted molar refractivity (Wildman–Crippen MR) is 127 cm³/mol. The second-order valence-electron chi connectivity index (χ2n) is 9.86. The number of benzene rings is 2. The van der Waals surface area contributed by atoms with Crippen LogP contribution in [-0.2, 0) is 25.5 Å². The maximum absolute atomic E-state index is 13.5. The Bertz CT molecular complexity index is 1310. The van der Waals surface area contributed by atoms with Crippen molar-refractivity contribution in [1.82, 2.24) is 10.2 Å². The molecule has 0 aromatic heterocycles. The third-order valence-electron chi connectivity index (χ3n) is 7.49. The van der Waals surface area contributed by atoms with Crippen molar-refractivity contribution in [2.24, 2.45) is 11.8 Å². The van der Waals surface area contributed by atoms with E-state index >= 15 is 0 Å². The molecule has 1 saturated carbocycles. The number of fused-ring (bicyclic) bond motifs is 1. The summed E-state index contributed by atoms with van der Waals surface area (Å²) in [6, 6.07) is 9.16. The maximum atomic E-state index is 13.5. The van der Waals surface area contributed by atoms with Gasteiger partial charge in [-0.05, 0) is 54.7 Å². The molecule has 2 saturated heterocycles. The molecule has 3 fully saturated rings. The number of piperidine rings is 1. The zero-order chi connectivity index (χ0) is 26.5. The van der Waals surface area contributed by atoms with Gasteiger partial charge in [0.25, 0.3) is 5.91 Å². The van der Waals surface area contributed by atoms with Crippen LogP contribution < -0.4 is 5.32 Å². The van der Waals surface area contributed by atoms with Gasteiger partial charge in [-0.15, -0.1) is 0 Å². The minimum atomic E-state index is -4.46. The molecule has 2 aliphatic heterocycles. The number of ether oxygens (including phenoxy) is 1. The Balaban J connectivity index is 1.36. The fraction of sp³-hybridized carbons (Fsp3) is 0.462. The molecule has 7 nitrogen and oxygen atoms in total. The van der Waals surface area contributed by atoms with Crippen LogP contribution >= 0.6 is 0 Å². The number of hydrogen-bond acceptors (Lipinski definition) is 5. The number of halogens is 3. The lowest BCUT2D eigenvalue weighted by atomic mass is 9.90. The van der Waals surface area contributed by atoms with E-state index in [2.05, 4.69) is 5.32 Å². The van der Waals surface area contributed by atoms with E-state index in [1.54, 1.807) is 11.0 Å². The van der Waals surface area contributed by atoms with E-state index in [4.69, 9.17) is 4.74 Å². The monoisotopic (exact) mass is 536 g/mol. The number of hydrogen-bond donors (Lipinski definition) is 1. The first-order chi connectivity index (χ1) is 17.5. The lowest BCUT2D eigenvalue weighted by molar-refractivity contribution is -0.137. The van der Waals surface area contributed by atoms with Crippen molar-refractivity contribution in [3.8, 4) is 0 Å². The Hall–Kier alpha value is -2.92. The molecule has 3 aliphatic rings. The third-order valence-corrected chi connectivity index (χ3v) is 9.22. The van der Waals surface area contributed by atoms with E-state index in [0.29, 0.717) is 25.2 Å². The van der Waals surface area contributed by atoms with Gasteiger partial charge in [-0.25, -0.2) is 8.42 Å². The molecule has 198 valence electrons. The van der Waals surface area contributed by atoms with Gasteiger partial charge in [-0.2, -0.15) is 13.2 Å². The van der Waals surface area contributed by atoms with Crippen molar-refractivity contribution in [1.29, 1.82) is 0 Å². The highest BCUT2D eigenvalue weighted by molar-refractivity contribution is 7.91. The Morgan fingerprint density at radius 1 is 1.11 bits per heavy atom. The van der Waals surface area contributed by atoms with Crippen LogP contribution in [-0.4, -0.2) is 56.2 Å². The van der Waals surface area contributed by atoms with Crippen LogP contribution in [0.4, 0.5) is 13.2 Å². The van der Waals surface area contributed by atoms with Gasteiger partial charge in [0.15, 0.2) is 9.84 Å². The van der Waals surface area contributed by atoms with Crippen molar-refractivity contribution >= 4 is 21.7 Å². The summed E-state index contributed by atoms with van der Waals surface area (Å²) in [5, 5.41) is 2.97. The highest BCUT2D eigenvalue weighted by atomic mass is 32.2. The number of alkyl halides is 3. The molecule has 4 atom stereocenters. The Labute approximate surface area is 212 Å². The second-order valence-corrected chi connectivity index (χ2v) is 12.1. The fourth-order valence-corrected chi connectivity index (χ4v) is 6.10.